The fourth-order valence-corrected chi connectivity index (χ4v) is 5.14. The fraction of sp³-hybridized carbons (Fsp3) is 0.235. The van der Waals surface area contributed by atoms with E-state index in [0.29, 0.717) is 33.7 Å². The average molecular weight is 698 g/mol. The largest absolute Gasteiger partial charge is 0.497 e. The second-order valence-corrected chi connectivity index (χ2v) is 10.7. The molecule has 0 unspecified atom stereocenters. The molecule has 0 aromatic heterocycles. The zero-order chi connectivity index (χ0) is 30.8. The lowest BCUT2D eigenvalue weighted by Crippen LogP contribution is -2.06. The smallest absolute Gasteiger partial charge is 0.173 e. The van der Waals surface area contributed by atoms with Crippen LogP contribution in [0.15, 0.2) is 72.8 Å². The minimum Gasteiger partial charge on any atom is -0.497 e. The molecule has 0 saturated carbocycles. The Hall–Kier alpha value is -3.62. The SMILES string of the molecule is COc1cccc(Oc2cc(C)c(C(=O)CBr)c(C)c2)c1.COc1cccc(Oc2cc(C)c(C(=O)CBr)c(C)c2)c1. The third-order valence-corrected chi connectivity index (χ3v) is 7.39. The Morgan fingerprint density at radius 2 is 0.833 bits per heavy atom. The number of methoxy groups -OCH3 is 2. The summed E-state index contributed by atoms with van der Waals surface area (Å²) in [7, 11) is 3.24. The molecule has 4 aromatic carbocycles. The maximum atomic E-state index is 11.9. The molecule has 6 nitrogen and oxygen atoms in total. The van der Waals surface area contributed by atoms with Gasteiger partial charge in [-0.15, -0.1) is 0 Å². The highest BCUT2D eigenvalue weighted by atomic mass is 79.9. The van der Waals surface area contributed by atoms with E-state index in [1.54, 1.807) is 14.2 Å². The zero-order valence-corrected chi connectivity index (χ0v) is 27.7. The number of benzene rings is 4. The van der Waals surface area contributed by atoms with Gasteiger partial charge in [-0.2, -0.15) is 0 Å². The van der Waals surface area contributed by atoms with Crippen LogP contribution in [0.5, 0.6) is 34.5 Å². The van der Waals surface area contributed by atoms with Crippen molar-refractivity contribution in [1.82, 2.24) is 0 Å². The Bertz CT molecular complexity index is 1400. The molecule has 0 spiro atoms. The molecule has 4 aromatic rings. The predicted molar refractivity (Wildman–Crippen MR) is 174 cm³/mol. The lowest BCUT2D eigenvalue weighted by molar-refractivity contribution is 0.101. The van der Waals surface area contributed by atoms with Crippen molar-refractivity contribution < 1.29 is 28.5 Å². The lowest BCUT2D eigenvalue weighted by atomic mass is 9.99. The number of ketones is 2. The molecule has 0 atom stereocenters. The van der Waals surface area contributed by atoms with Gasteiger partial charge in [0.1, 0.15) is 34.5 Å². The summed E-state index contributed by atoms with van der Waals surface area (Å²) in [5.41, 5.74) is 5.17. The first kappa shape index (κ1) is 32.9. The molecule has 0 bridgehead atoms. The first-order valence-electron chi connectivity index (χ1n) is 13.1. The number of carbonyl (C=O) groups excluding carboxylic acids is 2. The van der Waals surface area contributed by atoms with E-state index in [1.165, 1.54) is 0 Å². The predicted octanol–water partition coefficient (Wildman–Crippen LogP) is 9.36. The standard InChI is InChI=1S/2C17H17BrO3/c2*1-11-7-15(8-12(2)17(11)16(19)10-18)21-14-6-4-5-13(9-14)20-3/h2*4-9H,10H2,1-3H3. The van der Waals surface area contributed by atoms with Gasteiger partial charge in [0.25, 0.3) is 0 Å². The molecule has 0 aliphatic carbocycles. The molecule has 0 amide bonds. The van der Waals surface area contributed by atoms with E-state index < -0.39 is 0 Å². The van der Waals surface area contributed by atoms with Crippen LogP contribution in [0.3, 0.4) is 0 Å². The molecule has 0 heterocycles. The number of alkyl halides is 2. The summed E-state index contributed by atoms with van der Waals surface area (Å²) in [6.07, 6.45) is 0. The van der Waals surface area contributed by atoms with Crippen LogP contribution >= 0.6 is 31.9 Å². The van der Waals surface area contributed by atoms with E-state index in [2.05, 4.69) is 31.9 Å². The van der Waals surface area contributed by atoms with Crippen molar-refractivity contribution in [2.45, 2.75) is 27.7 Å². The second-order valence-electron chi connectivity index (χ2n) is 9.54. The summed E-state index contributed by atoms with van der Waals surface area (Å²) in [6.45, 7) is 7.67. The first-order chi connectivity index (χ1) is 20.1. The number of Topliss-reactive ketones (excluding diaryl/α,β-unsaturated/α-hetero) is 2. The van der Waals surface area contributed by atoms with Crippen LogP contribution in [0.1, 0.15) is 43.0 Å². The summed E-state index contributed by atoms with van der Waals surface area (Å²) in [6, 6.07) is 22.4. The highest BCUT2D eigenvalue weighted by Crippen LogP contribution is 2.30. The summed E-state index contributed by atoms with van der Waals surface area (Å²) < 4.78 is 22.0. The highest BCUT2D eigenvalue weighted by Gasteiger charge is 2.14. The number of hydrogen-bond donors (Lipinski definition) is 0. The molecule has 8 heteroatoms. The van der Waals surface area contributed by atoms with E-state index in [-0.39, 0.29) is 11.6 Å². The maximum Gasteiger partial charge on any atom is 0.173 e. The number of aryl methyl sites for hydroxylation is 4. The summed E-state index contributed by atoms with van der Waals surface area (Å²) in [5, 5.41) is 0.648. The Morgan fingerprint density at radius 3 is 1.12 bits per heavy atom. The van der Waals surface area contributed by atoms with Gasteiger partial charge in [-0.25, -0.2) is 0 Å². The van der Waals surface area contributed by atoms with Gasteiger partial charge in [-0.05, 0) is 98.5 Å². The molecule has 220 valence electrons. The van der Waals surface area contributed by atoms with Gasteiger partial charge in [0, 0.05) is 23.3 Å². The first-order valence-corrected chi connectivity index (χ1v) is 15.4. The van der Waals surface area contributed by atoms with Gasteiger partial charge in [0.2, 0.25) is 0 Å². The minimum absolute atomic E-state index is 0.0814. The average Bonchev–Trinajstić information content (AvgIpc) is 2.96. The molecule has 0 saturated heterocycles. The van der Waals surface area contributed by atoms with Gasteiger partial charge < -0.3 is 18.9 Å². The van der Waals surface area contributed by atoms with E-state index >= 15 is 0 Å². The van der Waals surface area contributed by atoms with Crippen LogP contribution in [0.2, 0.25) is 0 Å². The van der Waals surface area contributed by atoms with Crippen molar-refractivity contribution in [3.05, 3.63) is 106 Å². The zero-order valence-electron chi connectivity index (χ0n) is 24.5. The molecule has 4 rings (SSSR count). The van der Waals surface area contributed by atoms with Crippen molar-refractivity contribution in [1.29, 1.82) is 0 Å². The fourth-order valence-electron chi connectivity index (χ4n) is 4.58. The molecule has 0 aliphatic heterocycles. The Morgan fingerprint density at radius 1 is 0.524 bits per heavy atom. The van der Waals surface area contributed by atoms with E-state index in [4.69, 9.17) is 18.9 Å². The molecule has 42 heavy (non-hydrogen) atoms. The Labute approximate surface area is 264 Å². The van der Waals surface area contributed by atoms with Crippen molar-refractivity contribution in [2.75, 3.05) is 24.9 Å². The van der Waals surface area contributed by atoms with Gasteiger partial charge >= 0.3 is 0 Å². The van der Waals surface area contributed by atoms with Gasteiger partial charge in [0.05, 0.1) is 24.9 Å². The molecule has 0 N–H and O–H groups in total. The number of halogens is 2. The highest BCUT2D eigenvalue weighted by molar-refractivity contribution is 9.09. The lowest BCUT2D eigenvalue weighted by Gasteiger charge is -2.12. The molecule has 0 aliphatic rings. The summed E-state index contributed by atoms with van der Waals surface area (Å²) in [5.74, 6) is 4.48. The van der Waals surface area contributed by atoms with Crippen LogP contribution in [-0.4, -0.2) is 36.4 Å². The van der Waals surface area contributed by atoms with Crippen molar-refractivity contribution in [3.63, 3.8) is 0 Å². The maximum absolute atomic E-state index is 11.9. The number of hydrogen-bond acceptors (Lipinski definition) is 6. The van der Waals surface area contributed by atoms with Crippen LogP contribution in [-0.2, 0) is 0 Å². The van der Waals surface area contributed by atoms with Crippen LogP contribution in [0, 0.1) is 27.7 Å². The second kappa shape index (κ2) is 15.6. The Balaban J connectivity index is 0.000000230. The third kappa shape index (κ3) is 8.69. The topological polar surface area (TPSA) is 71.1 Å². The van der Waals surface area contributed by atoms with Gasteiger partial charge in [0.15, 0.2) is 11.6 Å². The van der Waals surface area contributed by atoms with Crippen LogP contribution in [0.25, 0.3) is 0 Å². The number of rotatable bonds is 10. The van der Waals surface area contributed by atoms with E-state index in [1.807, 2.05) is 100 Å². The van der Waals surface area contributed by atoms with Crippen molar-refractivity contribution >= 4 is 43.4 Å². The molecular weight excluding hydrogens is 664 g/mol. The van der Waals surface area contributed by atoms with Crippen LogP contribution in [0.4, 0.5) is 0 Å². The summed E-state index contributed by atoms with van der Waals surface area (Å²) >= 11 is 6.43. The minimum atomic E-state index is 0.0814. The van der Waals surface area contributed by atoms with Crippen molar-refractivity contribution in [2.24, 2.45) is 0 Å². The Kier molecular flexibility index (Phi) is 12.2. The van der Waals surface area contributed by atoms with Crippen LogP contribution < -0.4 is 18.9 Å². The normalized spacial score (nSPS) is 10.3. The monoisotopic (exact) mass is 696 g/mol. The third-order valence-electron chi connectivity index (χ3n) is 6.37. The quantitative estimate of drug-likeness (QED) is 0.122. The molecule has 0 radical (unpaired) electrons. The van der Waals surface area contributed by atoms with Crippen molar-refractivity contribution in [3.8, 4) is 34.5 Å². The molecule has 0 fully saturated rings. The van der Waals surface area contributed by atoms with Gasteiger partial charge in [-0.3, -0.25) is 9.59 Å². The molecular formula is C34H34Br2O6. The number of carbonyl (C=O) groups is 2. The van der Waals surface area contributed by atoms with E-state index in [0.717, 1.165) is 44.9 Å². The summed E-state index contributed by atoms with van der Waals surface area (Å²) in [4.78, 5) is 23.8. The van der Waals surface area contributed by atoms with Gasteiger partial charge in [-0.1, -0.05) is 44.0 Å². The number of ether oxygens (including phenoxy) is 4. The van der Waals surface area contributed by atoms with E-state index in [9.17, 15) is 9.59 Å².